The summed E-state index contributed by atoms with van der Waals surface area (Å²) in [6.45, 7) is 3.21. The molecule has 1 unspecified atom stereocenters. The van der Waals surface area contributed by atoms with Crippen molar-refractivity contribution in [2.75, 3.05) is 20.3 Å². The van der Waals surface area contributed by atoms with Crippen molar-refractivity contribution in [2.45, 2.75) is 25.8 Å². The number of benzene rings is 1. The van der Waals surface area contributed by atoms with Crippen LogP contribution in [0.25, 0.3) is 0 Å². The van der Waals surface area contributed by atoms with Crippen molar-refractivity contribution in [3.8, 4) is 0 Å². The van der Waals surface area contributed by atoms with E-state index in [0.717, 1.165) is 12.5 Å². The van der Waals surface area contributed by atoms with Gasteiger partial charge >= 0.3 is 0 Å². The second-order valence-corrected chi connectivity index (χ2v) is 3.98. The average molecular weight is 243 g/mol. The first-order chi connectivity index (χ1) is 8.19. The lowest BCUT2D eigenvalue weighted by Gasteiger charge is -2.16. The second kappa shape index (κ2) is 7.35. The minimum absolute atomic E-state index is 0.00199. The van der Waals surface area contributed by atoms with Gasteiger partial charge in [0, 0.05) is 12.6 Å². The highest BCUT2D eigenvalue weighted by molar-refractivity contribution is 5.20. The quantitative estimate of drug-likeness (QED) is 0.743. The van der Waals surface area contributed by atoms with Gasteiger partial charge in [-0.2, -0.15) is 0 Å². The molecule has 0 aliphatic rings. The summed E-state index contributed by atoms with van der Waals surface area (Å²) in [5.74, 6) is -1.56. The van der Waals surface area contributed by atoms with Gasteiger partial charge in [-0.15, -0.1) is 0 Å². The minimum Gasteiger partial charge on any atom is -0.380 e. The Hall–Kier alpha value is -1.00. The molecule has 1 rings (SSSR count). The molecule has 2 nitrogen and oxygen atoms in total. The van der Waals surface area contributed by atoms with Gasteiger partial charge in [0.05, 0.1) is 6.61 Å². The van der Waals surface area contributed by atoms with Gasteiger partial charge < -0.3 is 10.1 Å². The number of ether oxygens (including phenoxy) is 1. The van der Waals surface area contributed by atoms with Gasteiger partial charge in [0.25, 0.3) is 0 Å². The molecule has 1 N–H and O–H groups in total. The molecule has 1 atom stereocenters. The van der Waals surface area contributed by atoms with Crippen LogP contribution in [0.4, 0.5) is 8.78 Å². The van der Waals surface area contributed by atoms with Gasteiger partial charge in [-0.25, -0.2) is 8.78 Å². The SMILES string of the molecule is CCCOCC(Cc1cccc(F)c1F)NC. The van der Waals surface area contributed by atoms with E-state index in [1.807, 2.05) is 6.92 Å². The molecule has 0 aromatic heterocycles. The predicted molar refractivity (Wildman–Crippen MR) is 64.0 cm³/mol. The number of rotatable bonds is 7. The third kappa shape index (κ3) is 4.40. The van der Waals surface area contributed by atoms with Crippen molar-refractivity contribution in [2.24, 2.45) is 0 Å². The summed E-state index contributed by atoms with van der Waals surface area (Å²) in [6.07, 6.45) is 1.37. The Bertz CT molecular complexity index is 344. The molecule has 0 aliphatic carbocycles. The van der Waals surface area contributed by atoms with Crippen LogP contribution < -0.4 is 5.32 Å². The lowest BCUT2D eigenvalue weighted by Crippen LogP contribution is -2.33. The lowest BCUT2D eigenvalue weighted by molar-refractivity contribution is 0.113. The fraction of sp³-hybridized carbons (Fsp3) is 0.538. The van der Waals surface area contributed by atoms with Crippen LogP contribution in [0.1, 0.15) is 18.9 Å². The summed E-state index contributed by atoms with van der Waals surface area (Å²) >= 11 is 0. The molecule has 0 bridgehead atoms. The highest BCUT2D eigenvalue weighted by atomic mass is 19.2. The molecule has 0 radical (unpaired) electrons. The van der Waals surface area contributed by atoms with E-state index in [0.29, 0.717) is 25.2 Å². The van der Waals surface area contributed by atoms with E-state index in [1.165, 1.54) is 6.07 Å². The molecular formula is C13H19F2NO. The molecular weight excluding hydrogens is 224 g/mol. The fourth-order valence-corrected chi connectivity index (χ4v) is 1.59. The zero-order valence-corrected chi connectivity index (χ0v) is 10.3. The van der Waals surface area contributed by atoms with E-state index in [1.54, 1.807) is 13.1 Å². The molecule has 0 spiro atoms. The molecule has 1 aromatic rings. The van der Waals surface area contributed by atoms with Gasteiger partial charge in [-0.1, -0.05) is 19.1 Å². The maximum atomic E-state index is 13.4. The van der Waals surface area contributed by atoms with E-state index in [-0.39, 0.29) is 6.04 Å². The first-order valence-corrected chi connectivity index (χ1v) is 5.87. The normalized spacial score (nSPS) is 12.7. The van der Waals surface area contributed by atoms with E-state index >= 15 is 0 Å². The van der Waals surface area contributed by atoms with Crippen LogP contribution >= 0.6 is 0 Å². The van der Waals surface area contributed by atoms with Crippen molar-refractivity contribution in [1.82, 2.24) is 5.32 Å². The van der Waals surface area contributed by atoms with Crippen molar-refractivity contribution in [1.29, 1.82) is 0 Å². The predicted octanol–water partition coefficient (Wildman–Crippen LogP) is 2.52. The molecule has 96 valence electrons. The third-order valence-electron chi connectivity index (χ3n) is 2.57. The van der Waals surface area contributed by atoms with Crippen LogP contribution in [0.5, 0.6) is 0 Å². The molecule has 0 saturated carbocycles. The third-order valence-corrected chi connectivity index (χ3v) is 2.57. The minimum atomic E-state index is -0.799. The summed E-state index contributed by atoms with van der Waals surface area (Å²) in [4.78, 5) is 0. The monoisotopic (exact) mass is 243 g/mol. The maximum Gasteiger partial charge on any atom is 0.162 e. The number of hydrogen-bond donors (Lipinski definition) is 1. The number of likely N-dealkylation sites (N-methyl/N-ethyl adjacent to an activating group) is 1. The first-order valence-electron chi connectivity index (χ1n) is 5.87. The van der Waals surface area contributed by atoms with E-state index in [2.05, 4.69) is 5.32 Å². The van der Waals surface area contributed by atoms with Gasteiger partial charge in [-0.3, -0.25) is 0 Å². The van der Waals surface area contributed by atoms with Crippen molar-refractivity contribution < 1.29 is 13.5 Å². The zero-order chi connectivity index (χ0) is 12.7. The Labute approximate surface area is 101 Å². The molecule has 0 aliphatic heterocycles. The Morgan fingerprint density at radius 1 is 1.35 bits per heavy atom. The van der Waals surface area contributed by atoms with Gasteiger partial charge in [0.2, 0.25) is 0 Å². The van der Waals surface area contributed by atoms with Crippen LogP contribution in [0, 0.1) is 11.6 Å². The van der Waals surface area contributed by atoms with E-state index in [4.69, 9.17) is 4.74 Å². The van der Waals surface area contributed by atoms with Gasteiger partial charge in [0.15, 0.2) is 11.6 Å². The average Bonchev–Trinajstić information content (AvgIpc) is 2.33. The highest BCUT2D eigenvalue weighted by Crippen LogP contribution is 2.13. The Morgan fingerprint density at radius 3 is 2.76 bits per heavy atom. The summed E-state index contributed by atoms with van der Waals surface area (Å²) in [7, 11) is 1.79. The molecule has 1 aromatic carbocycles. The van der Waals surface area contributed by atoms with E-state index in [9.17, 15) is 8.78 Å². The molecule has 17 heavy (non-hydrogen) atoms. The van der Waals surface area contributed by atoms with Crippen LogP contribution in [0.2, 0.25) is 0 Å². The Balaban J connectivity index is 2.57. The largest absolute Gasteiger partial charge is 0.380 e. The summed E-state index contributed by atoms with van der Waals surface area (Å²) in [5, 5.41) is 3.04. The summed E-state index contributed by atoms with van der Waals surface area (Å²) in [6, 6.07) is 4.24. The maximum absolute atomic E-state index is 13.4. The first kappa shape index (κ1) is 14.1. The Morgan fingerprint density at radius 2 is 2.12 bits per heavy atom. The molecule has 0 fully saturated rings. The highest BCUT2D eigenvalue weighted by Gasteiger charge is 2.13. The topological polar surface area (TPSA) is 21.3 Å². The lowest BCUT2D eigenvalue weighted by atomic mass is 10.1. The van der Waals surface area contributed by atoms with Crippen LogP contribution in [0.3, 0.4) is 0 Å². The van der Waals surface area contributed by atoms with Crippen molar-refractivity contribution >= 4 is 0 Å². The van der Waals surface area contributed by atoms with Gasteiger partial charge in [-0.05, 0) is 31.5 Å². The van der Waals surface area contributed by atoms with Crippen molar-refractivity contribution in [3.05, 3.63) is 35.4 Å². The molecule has 0 saturated heterocycles. The number of hydrogen-bond acceptors (Lipinski definition) is 2. The van der Waals surface area contributed by atoms with Crippen molar-refractivity contribution in [3.63, 3.8) is 0 Å². The Kier molecular flexibility index (Phi) is 6.08. The zero-order valence-electron chi connectivity index (χ0n) is 10.3. The van der Waals surface area contributed by atoms with Gasteiger partial charge in [0.1, 0.15) is 0 Å². The summed E-state index contributed by atoms with van der Waals surface area (Å²) < 4.78 is 31.9. The molecule has 0 heterocycles. The smallest absolute Gasteiger partial charge is 0.162 e. The van der Waals surface area contributed by atoms with Crippen LogP contribution in [0.15, 0.2) is 18.2 Å². The number of nitrogens with one attached hydrogen (secondary N) is 1. The summed E-state index contributed by atoms with van der Waals surface area (Å²) in [5.41, 5.74) is 0.379. The number of halogens is 2. The van der Waals surface area contributed by atoms with Crippen LogP contribution in [-0.4, -0.2) is 26.3 Å². The molecule has 0 amide bonds. The van der Waals surface area contributed by atoms with Crippen LogP contribution in [-0.2, 0) is 11.2 Å². The second-order valence-electron chi connectivity index (χ2n) is 3.98. The fourth-order valence-electron chi connectivity index (χ4n) is 1.59. The molecule has 4 heteroatoms. The standard InChI is InChI=1S/C13H19F2NO/c1-3-7-17-9-11(16-2)8-10-5-4-6-12(14)13(10)15/h4-6,11,16H,3,7-9H2,1-2H3. The van der Waals surface area contributed by atoms with E-state index < -0.39 is 11.6 Å².